The van der Waals surface area contributed by atoms with E-state index >= 15 is 0 Å². The summed E-state index contributed by atoms with van der Waals surface area (Å²) >= 11 is 5.94. The third kappa shape index (κ3) is 4.04. The minimum absolute atomic E-state index is 0.00105. The second-order valence-electron chi connectivity index (χ2n) is 6.96. The first-order chi connectivity index (χ1) is 12.5. The Balaban J connectivity index is 1.43. The monoisotopic (exact) mass is 392 g/mol. The van der Waals surface area contributed by atoms with E-state index in [4.69, 9.17) is 16.3 Å². The summed E-state index contributed by atoms with van der Waals surface area (Å²) in [6, 6.07) is 14.4. The summed E-state index contributed by atoms with van der Waals surface area (Å²) in [5, 5.41) is 4.10. The summed E-state index contributed by atoms with van der Waals surface area (Å²) in [6.45, 7) is 0. The quantitative estimate of drug-likeness (QED) is 0.814. The van der Waals surface area contributed by atoms with Crippen LogP contribution in [0, 0.1) is 0 Å². The van der Waals surface area contributed by atoms with Gasteiger partial charge in [0.2, 0.25) is 10.0 Å². The van der Waals surface area contributed by atoms with Gasteiger partial charge in [-0.3, -0.25) is 0 Å². The number of nitrogens with one attached hydrogen (secondary N) is 2. The second-order valence-corrected chi connectivity index (χ2v) is 9.11. The van der Waals surface area contributed by atoms with Crippen LogP contribution >= 0.6 is 11.6 Å². The van der Waals surface area contributed by atoms with Gasteiger partial charge in [0.05, 0.1) is 4.90 Å². The molecule has 0 amide bonds. The molecule has 0 saturated carbocycles. The van der Waals surface area contributed by atoms with E-state index in [1.165, 1.54) is 0 Å². The molecule has 2 saturated heterocycles. The molecule has 5 nitrogen and oxygen atoms in total. The first kappa shape index (κ1) is 17.8. The van der Waals surface area contributed by atoms with Crippen molar-refractivity contribution in [2.45, 2.75) is 48.7 Å². The average molecular weight is 393 g/mol. The molecule has 0 aliphatic carbocycles. The Kier molecular flexibility index (Phi) is 4.92. The van der Waals surface area contributed by atoms with Gasteiger partial charge in [-0.15, -0.1) is 0 Å². The fourth-order valence-corrected chi connectivity index (χ4v) is 5.24. The molecule has 2 aromatic rings. The Bertz CT molecular complexity index is 874. The summed E-state index contributed by atoms with van der Waals surface area (Å²) in [5.74, 6) is 1.17. The highest BCUT2D eigenvalue weighted by Crippen LogP contribution is 2.28. The average Bonchev–Trinajstić information content (AvgIpc) is 2.94. The lowest BCUT2D eigenvalue weighted by molar-refractivity contribution is 0.345. The summed E-state index contributed by atoms with van der Waals surface area (Å²) in [4.78, 5) is 0.252. The lowest BCUT2D eigenvalue weighted by Crippen LogP contribution is -2.47. The highest BCUT2D eigenvalue weighted by atomic mass is 35.5. The second kappa shape index (κ2) is 7.19. The zero-order chi connectivity index (χ0) is 18.1. The molecular weight excluding hydrogens is 372 g/mol. The van der Waals surface area contributed by atoms with Gasteiger partial charge in [-0.05, 0) is 68.1 Å². The van der Waals surface area contributed by atoms with Crippen molar-refractivity contribution in [3.63, 3.8) is 0 Å². The minimum atomic E-state index is -3.53. The Morgan fingerprint density at radius 3 is 2.35 bits per heavy atom. The SMILES string of the molecule is O=S(=O)(NC1CC2CCC(C1)N2)c1ccc(Oc2cccc(Cl)c2)cc1. The molecule has 0 spiro atoms. The third-order valence-electron chi connectivity index (χ3n) is 4.96. The van der Waals surface area contributed by atoms with Gasteiger partial charge in [0.25, 0.3) is 0 Å². The Morgan fingerprint density at radius 2 is 1.69 bits per heavy atom. The number of piperidine rings is 1. The van der Waals surface area contributed by atoms with E-state index in [0.717, 1.165) is 25.7 Å². The van der Waals surface area contributed by atoms with Gasteiger partial charge in [-0.2, -0.15) is 0 Å². The molecule has 2 bridgehead atoms. The fourth-order valence-electron chi connectivity index (χ4n) is 3.79. The molecule has 4 rings (SSSR count). The lowest BCUT2D eigenvalue weighted by Gasteiger charge is -2.29. The molecule has 2 heterocycles. The number of ether oxygens (including phenoxy) is 1. The topological polar surface area (TPSA) is 67.4 Å². The van der Waals surface area contributed by atoms with E-state index < -0.39 is 10.0 Å². The molecule has 2 unspecified atom stereocenters. The standard InChI is InChI=1S/C19H21ClN2O3S/c20-13-2-1-3-18(10-13)25-17-6-8-19(9-7-17)26(23,24)22-16-11-14-4-5-15(12-16)21-14/h1-3,6-10,14-16,21-22H,4-5,11-12H2. The van der Waals surface area contributed by atoms with Crippen molar-refractivity contribution < 1.29 is 13.2 Å². The molecular formula is C19H21ClN2O3S. The molecule has 2 fully saturated rings. The molecule has 138 valence electrons. The summed E-state index contributed by atoms with van der Waals surface area (Å²) in [5.41, 5.74) is 0. The van der Waals surface area contributed by atoms with Crippen LogP contribution in [0.3, 0.4) is 0 Å². The molecule has 2 atom stereocenters. The van der Waals surface area contributed by atoms with E-state index in [1.807, 2.05) is 0 Å². The molecule has 7 heteroatoms. The number of halogens is 1. The number of fused-ring (bicyclic) bond motifs is 2. The number of hydrogen-bond donors (Lipinski definition) is 2. The number of hydrogen-bond acceptors (Lipinski definition) is 4. The first-order valence-corrected chi connectivity index (χ1v) is 10.7. The number of benzene rings is 2. The molecule has 2 aliphatic rings. The van der Waals surface area contributed by atoms with E-state index in [0.29, 0.717) is 28.6 Å². The van der Waals surface area contributed by atoms with Crippen LogP contribution in [0.15, 0.2) is 53.4 Å². The van der Waals surface area contributed by atoms with Crippen molar-refractivity contribution in [2.75, 3.05) is 0 Å². The van der Waals surface area contributed by atoms with E-state index in [-0.39, 0.29) is 10.9 Å². The van der Waals surface area contributed by atoms with Crippen molar-refractivity contribution >= 4 is 21.6 Å². The molecule has 2 aliphatic heterocycles. The Hall–Kier alpha value is -1.60. The van der Waals surface area contributed by atoms with Gasteiger partial charge in [-0.25, -0.2) is 13.1 Å². The van der Waals surface area contributed by atoms with Gasteiger partial charge in [0.1, 0.15) is 11.5 Å². The van der Waals surface area contributed by atoms with Gasteiger partial charge >= 0.3 is 0 Å². The maximum Gasteiger partial charge on any atom is 0.240 e. The number of sulfonamides is 1. The predicted octanol–water partition coefficient (Wildman–Crippen LogP) is 3.69. The van der Waals surface area contributed by atoms with Gasteiger partial charge in [-0.1, -0.05) is 17.7 Å². The van der Waals surface area contributed by atoms with Crippen molar-refractivity contribution in [1.29, 1.82) is 0 Å². The van der Waals surface area contributed by atoms with Crippen LogP contribution in [0.4, 0.5) is 0 Å². The predicted molar refractivity (Wildman–Crippen MR) is 101 cm³/mol. The van der Waals surface area contributed by atoms with E-state index in [9.17, 15) is 8.42 Å². The smallest absolute Gasteiger partial charge is 0.240 e. The molecule has 2 aromatic carbocycles. The maximum atomic E-state index is 12.7. The van der Waals surface area contributed by atoms with E-state index in [2.05, 4.69) is 10.0 Å². The summed E-state index contributed by atoms with van der Waals surface area (Å²) < 4.78 is 33.9. The summed E-state index contributed by atoms with van der Waals surface area (Å²) in [7, 11) is -3.53. The van der Waals surface area contributed by atoms with E-state index in [1.54, 1.807) is 48.5 Å². The first-order valence-electron chi connectivity index (χ1n) is 8.80. The molecule has 26 heavy (non-hydrogen) atoms. The van der Waals surface area contributed by atoms with Crippen LogP contribution in [0.1, 0.15) is 25.7 Å². The van der Waals surface area contributed by atoms with Crippen LogP contribution in [-0.4, -0.2) is 26.5 Å². The van der Waals surface area contributed by atoms with Gasteiger partial charge in [0, 0.05) is 23.1 Å². The summed E-state index contributed by atoms with van der Waals surface area (Å²) in [6.07, 6.45) is 3.98. The van der Waals surface area contributed by atoms with Crippen molar-refractivity contribution in [2.24, 2.45) is 0 Å². The maximum absolute atomic E-state index is 12.7. The zero-order valence-electron chi connectivity index (χ0n) is 14.2. The molecule has 2 N–H and O–H groups in total. The van der Waals surface area contributed by atoms with Crippen LogP contribution < -0.4 is 14.8 Å². The van der Waals surface area contributed by atoms with Crippen molar-refractivity contribution in [3.8, 4) is 11.5 Å². The molecule has 0 radical (unpaired) electrons. The van der Waals surface area contributed by atoms with Crippen LogP contribution in [0.5, 0.6) is 11.5 Å². The van der Waals surface area contributed by atoms with Gasteiger partial charge < -0.3 is 10.1 Å². The van der Waals surface area contributed by atoms with Crippen molar-refractivity contribution in [1.82, 2.24) is 10.0 Å². The Morgan fingerprint density at radius 1 is 1.00 bits per heavy atom. The minimum Gasteiger partial charge on any atom is -0.457 e. The largest absolute Gasteiger partial charge is 0.457 e. The zero-order valence-corrected chi connectivity index (χ0v) is 15.8. The highest BCUT2D eigenvalue weighted by Gasteiger charge is 2.35. The normalized spacial score (nSPS) is 25.2. The third-order valence-corrected chi connectivity index (χ3v) is 6.73. The fraction of sp³-hybridized carbons (Fsp3) is 0.368. The lowest BCUT2D eigenvalue weighted by atomic mass is 10.0. The van der Waals surface area contributed by atoms with Gasteiger partial charge in [0.15, 0.2) is 0 Å². The van der Waals surface area contributed by atoms with Crippen molar-refractivity contribution in [3.05, 3.63) is 53.6 Å². The van der Waals surface area contributed by atoms with Crippen LogP contribution in [0.25, 0.3) is 0 Å². The molecule has 0 aromatic heterocycles. The number of rotatable bonds is 5. The Labute approximate surface area is 158 Å². The highest BCUT2D eigenvalue weighted by molar-refractivity contribution is 7.89. The van der Waals surface area contributed by atoms with Crippen LogP contribution in [-0.2, 0) is 10.0 Å². The van der Waals surface area contributed by atoms with Crippen LogP contribution in [0.2, 0.25) is 5.02 Å².